The second-order valence-corrected chi connectivity index (χ2v) is 7.97. The molecule has 3 aromatic carbocycles. The first-order valence-corrected chi connectivity index (χ1v) is 10.8. The summed E-state index contributed by atoms with van der Waals surface area (Å²) in [6, 6.07) is 25.7. The van der Waals surface area contributed by atoms with E-state index in [1.807, 2.05) is 78.9 Å². The lowest BCUT2D eigenvalue weighted by Crippen LogP contribution is -2.11. The summed E-state index contributed by atoms with van der Waals surface area (Å²) in [5.41, 5.74) is 4.88. The fourth-order valence-corrected chi connectivity index (χ4v) is 4.23. The third-order valence-corrected chi connectivity index (χ3v) is 5.85. The molecule has 0 fully saturated rings. The molecule has 8 nitrogen and oxygen atoms in total. The zero-order valence-electron chi connectivity index (χ0n) is 18.3. The summed E-state index contributed by atoms with van der Waals surface area (Å²) >= 11 is 0. The van der Waals surface area contributed by atoms with Gasteiger partial charge in [-0.3, -0.25) is 4.79 Å². The van der Waals surface area contributed by atoms with Gasteiger partial charge in [-0.05, 0) is 29.3 Å². The second-order valence-electron chi connectivity index (χ2n) is 7.97. The first kappa shape index (κ1) is 19.9. The number of hydrogen-bond donors (Lipinski definition) is 2. The first-order valence-electron chi connectivity index (χ1n) is 10.8. The van der Waals surface area contributed by atoms with Crippen LogP contribution in [0.1, 0.15) is 5.56 Å². The molecule has 0 saturated carbocycles. The molecule has 0 aliphatic heterocycles. The van der Waals surface area contributed by atoms with Crippen molar-refractivity contribution in [1.82, 2.24) is 29.9 Å². The third kappa shape index (κ3) is 3.32. The summed E-state index contributed by atoms with van der Waals surface area (Å²) in [6.45, 7) is 0.461. The van der Waals surface area contributed by atoms with Crippen molar-refractivity contribution >= 4 is 22.1 Å². The number of H-pyrrole nitrogens is 2. The zero-order chi connectivity index (χ0) is 23.1. The Hall–Kier alpha value is -4.72. The third-order valence-electron chi connectivity index (χ3n) is 5.85. The molecule has 0 bridgehead atoms. The van der Waals surface area contributed by atoms with Gasteiger partial charge in [0.15, 0.2) is 17.0 Å². The molecule has 0 unspecified atom stereocenters. The van der Waals surface area contributed by atoms with Gasteiger partial charge in [0.25, 0.3) is 5.56 Å². The molecular weight excluding hydrogens is 428 g/mol. The molecule has 34 heavy (non-hydrogen) atoms. The van der Waals surface area contributed by atoms with Gasteiger partial charge in [-0.15, -0.1) is 5.10 Å². The number of hydrogen-bond acceptors (Lipinski definition) is 5. The van der Waals surface area contributed by atoms with Gasteiger partial charge in [-0.2, -0.15) is 0 Å². The lowest BCUT2D eigenvalue weighted by molar-refractivity contribution is 0.415. The number of nitrogens with one attached hydrogen (secondary N) is 2. The number of fused-ring (bicyclic) bond motifs is 2. The molecule has 0 saturated heterocycles. The Morgan fingerprint density at radius 1 is 0.941 bits per heavy atom. The largest absolute Gasteiger partial charge is 0.497 e. The lowest BCUT2D eigenvalue weighted by Gasteiger charge is -2.07. The summed E-state index contributed by atoms with van der Waals surface area (Å²) in [6.07, 6.45) is 0. The van der Waals surface area contributed by atoms with Crippen LogP contribution in [0, 0.1) is 0 Å². The van der Waals surface area contributed by atoms with Crippen LogP contribution in [-0.4, -0.2) is 37.1 Å². The molecule has 6 aromatic rings. The van der Waals surface area contributed by atoms with Crippen molar-refractivity contribution in [3.63, 3.8) is 0 Å². The Bertz CT molecular complexity index is 1680. The highest BCUT2D eigenvalue weighted by atomic mass is 16.5. The van der Waals surface area contributed by atoms with Crippen molar-refractivity contribution in [2.45, 2.75) is 6.54 Å². The molecule has 0 aliphatic rings. The maximum absolute atomic E-state index is 13.0. The van der Waals surface area contributed by atoms with Gasteiger partial charge in [0.1, 0.15) is 5.75 Å². The number of nitrogens with zero attached hydrogens (tertiary/aromatic N) is 4. The molecule has 166 valence electrons. The predicted octanol–water partition coefficient (Wildman–Crippen LogP) is 4.39. The van der Waals surface area contributed by atoms with Crippen LogP contribution in [0.3, 0.4) is 0 Å². The van der Waals surface area contributed by atoms with Crippen molar-refractivity contribution < 1.29 is 4.74 Å². The minimum Gasteiger partial charge on any atom is -0.497 e. The summed E-state index contributed by atoms with van der Waals surface area (Å²) < 4.78 is 7.11. The fraction of sp³-hybridized carbons (Fsp3) is 0.0769. The van der Waals surface area contributed by atoms with E-state index >= 15 is 0 Å². The van der Waals surface area contributed by atoms with Crippen LogP contribution in [-0.2, 0) is 6.54 Å². The van der Waals surface area contributed by atoms with Gasteiger partial charge < -0.3 is 14.7 Å². The van der Waals surface area contributed by atoms with Crippen LogP contribution in [0.2, 0.25) is 0 Å². The van der Waals surface area contributed by atoms with Crippen LogP contribution >= 0.6 is 0 Å². The van der Waals surface area contributed by atoms with Crippen molar-refractivity contribution in [1.29, 1.82) is 0 Å². The van der Waals surface area contributed by atoms with E-state index in [1.54, 1.807) is 11.8 Å². The standard InChI is InChI=1S/C26H20N6O2/c1-34-18-12-13-20-19(14-18)21(17-10-6-3-7-11-17)22(27-20)24-28-25-23(26(33)29-24)30-31-32(25)15-16-8-4-2-5-9-16/h2-14,27H,15H2,1H3,(H,28,29,33). The quantitative estimate of drug-likeness (QED) is 0.407. The maximum Gasteiger partial charge on any atom is 0.281 e. The predicted molar refractivity (Wildman–Crippen MR) is 131 cm³/mol. The number of aromatic nitrogens is 6. The van der Waals surface area contributed by atoms with Gasteiger partial charge in [0, 0.05) is 16.5 Å². The molecule has 6 rings (SSSR count). The van der Waals surface area contributed by atoms with Crippen molar-refractivity contribution in [2.75, 3.05) is 7.11 Å². The van der Waals surface area contributed by atoms with Gasteiger partial charge >= 0.3 is 0 Å². The van der Waals surface area contributed by atoms with E-state index in [1.165, 1.54) is 0 Å². The average Bonchev–Trinajstić information content (AvgIpc) is 3.46. The van der Waals surface area contributed by atoms with Crippen LogP contribution in [0.5, 0.6) is 5.75 Å². The number of aromatic amines is 2. The van der Waals surface area contributed by atoms with Crippen molar-refractivity contribution in [2.24, 2.45) is 0 Å². The molecule has 2 N–H and O–H groups in total. The Morgan fingerprint density at radius 2 is 1.71 bits per heavy atom. The van der Waals surface area contributed by atoms with E-state index in [9.17, 15) is 4.79 Å². The smallest absolute Gasteiger partial charge is 0.281 e. The van der Waals surface area contributed by atoms with E-state index < -0.39 is 0 Å². The Labute approximate surface area is 193 Å². The number of ether oxygens (including phenoxy) is 1. The molecule has 3 aromatic heterocycles. The monoisotopic (exact) mass is 448 g/mol. The van der Waals surface area contributed by atoms with Crippen LogP contribution in [0.15, 0.2) is 83.7 Å². The van der Waals surface area contributed by atoms with E-state index in [0.717, 1.165) is 33.3 Å². The molecule has 0 aliphatic carbocycles. The van der Waals surface area contributed by atoms with Crippen molar-refractivity contribution in [3.05, 3.63) is 94.8 Å². The highest BCUT2D eigenvalue weighted by Gasteiger charge is 2.20. The molecule has 0 amide bonds. The van der Waals surface area contributed by atoms with Gasteiger partial charge in [-0.1, -0.05) is 65.9 Å². The van der Waals surface area contributed by atoms with Crippen LogP contribution < -0.4 is 10.3 Å². The van der Waals surface area contributed by atoms with Gasteiger partial charge in [0.2, 0.25) is 0 Å². The van der Waals surface area contributed by atoms with E-state index in [-0.39, 0.29) is 11.1 Å². The molecule has 8 heteroatoms. The maximum atomic E-state index is 13.0. The molecule has 0 radical (unpaired) electrons. The Kier molecular flexibility index (Phi) is 4.69. The summed E-state index contributed by atoms with van der Waals surface area (Å²) in [5, 5.41) is 9.24. The second kappa shape index (κ2) is 8.00. The van der Waals surface area contributed by atoms with E-state index in [4.69, 9.17) is 9.72 Å². The topological polar surface area (TPSA) is 101 Å². The summed E-state index contributed by atoms with van der Waals surface area (Å²) in [5.74, 6) is 1.17. The fourth-order valence-electron chi connectivity index (χ4n) is 4.23. The number of benzene rings is 3. The van der Waals surface area contributed by atoms with Crippen LogP contribution in [0.25, 0.3) is 44.7 Å². The van der Waals surface area contributed by atoms with E-state index in [0.29, 0.717) is 23.7 Å². The first-order chi connectivity index (χ1) is 16.7. The SMILES string of the molecule is COc1ccc2[nH]c(-c3nc4c(nnn4Cc4ccccc4)c(=O)[nH]3)c(-c3ccccc3)c2c1. The number of rotatable bonds is 5. The minimum atomic E-state index is -0.338. The van der Waals surface area contributed by atoms with Crippen LogP contribution in [0.4, 0.5) is 0 Å². The number of methoxy groups -OCH3 is 1. The molecular formula is C26H20N6O2. The lowest BCUT2D eigenvalue weighted by atomic mass is 10.0. The van der Waals surface area contributed by atoms with Gasteiger partial charge in [0.05, 0.1) is 19.3 Å². The average molecular weight is 448 g/mol. The highest BCUT2D eigenvalue weighted by molar-refractivity contribution is 6.03. The summed E-state index contributed by atoms with van der Waals surface area (Å²) in [4.78, 5) is 24.1. The Balaban J connectivity index is 1.58. The highest BCUT2D eigenvalue weighted by Crippen LogP contribution is 2.38. The molecule has 0 spiro atoms. The minimum absolute atomic E-state index is 0.207. The molecule has 3 heterocycles. The molecule has 0 atom stereocenters. The Morgan fingerprint density at radius 3 is 2.47 bits per heavy atom. The van der Waals surface area contributed by atoms with Gasteiger partial charge in [-0.25, -0.2) is 9.67 Å². The zero-order valence-corrected chi connectivity index (χ0v) is 18.3. The van der Waals surface area contributed by atoms with E-state index in [2.05, 4.69) is 20.3 Å². The summed E-state index contributed by atoms with van der Waals surface area (Å²) in [7, 11) is 1.64. The van der Waals surface area contributed by atoms with Crippen molar-refractivity contribution in [3.8, 4) is 28.4 Å². The normalized spacial score (nSPS) is 11.3.